The SMILES string of the molecule is CCOCc1noc(-c2ccc(N)cc2C)n1. The van der Waals surface area contributed by atoms with E-state index in [1.54, 1.807) is 0 Å². The molecule has 0 aliphatic rings. The molecule has 0 radical (unpaired) electrons. The molecule has 5 heteroatoms. The van der Waals surface area contributed by atoms with Gasteiger partial charge >= 0.3 is 0 Å². The summed E-state index contributed by atoms with van der Waals surface area (Å²) in [6.45, 7) is 4.88. The zero-order chi connectivity index (χ0) is 12.3. The Labute approximate surface area is 99.6 Å². The van der Waals surface area contributed by atoms with Gasteiger partial charge in [-0.25, -0.2) is 0 Å². The Kier molecular flexibility index (Phi) is 3.39. The Balaban J connectivity index is 2.24. The monoisotopic (exact) mass is 233 g/mol. The highest BCUT2D eigenvalue weighted by atomic mass is 16.5. The van der Waals surface area contributed by atoms with Crippen molar-refractivity contribution in [1.29, 1.82) is 0 Å². The fourth-order valence-electron chi connectivity index (χ4n) is 1.54. The zero-order valence-electron chi connectivity index (χ0n) is 9.93. The van der Waals surface area contributed by atoms with E-state index in [9.17, 15) is 0 Å². The molecule has 2 rings (SSSR count). The molecule has 0 aliphatic heterocycles. The number of hydrogen-bond acceptors (Lipinski definition) is 5. The second-order valence-electron chi connectivity index (χ2n) is 3.73. The van der Waals surface area contributed by atoms with Crippen molar-refractivity contribution in [2.75, 3.05) is 12.3 Å². The predicted molar refractivity (Wildman–Crippen MR) is 64.2 cm³/mol. The van der Waals surface area contributed by atoms with Gasteiger partial charge < -0.3 is 15.0 Å². The van der Waals surface area contributed by atoms with Crippen LogP contribution in [0, 0.1) is 6.92 Å². The molecule has 0 unspecified atom stereocenters. The predicted octanol–water partition coefficient (Wildman–Crippen LogP) is 2.16. The first-order valence-corrected chi connectivity index (χ1v) is 5.47. The number of nitrogens with zero attached hydrogens (tertiary/aromatic N) is 2. The summed E-state index contributed by atoms with van der Waals surface area (Å²) in [5.74, 6) is 1.05. The molecular weight excluding hydrogens is 218 g/mol. The van der Waals surface area contributed by atoms with Gasteiger partial charge in [0.05, 0.1) is 0 Å². The quantitative estimate of drug-likeness (QED) is 0.819. The lowest BCUT2D eigenvalue weighted by Crippen LogP contribution is -1.94. The number of nitrogen functional groups attached to an aromatic ring is 1. The van der Waals surface area contributed by atoms with Gasteiger partial charge in [0, 0.05) is 17.9 Å². The van der Waals surface area contributed by atoms with Crippen LogP contribution in [-0.4, -0.2) is 16.7 Å². The number of anilines is 1. The first kappa shape index (κ1) is 11.6. The van der Waals surface area contributed by atoms with Crippen LogP contribution in [0.3, 0.4) is 0 Å². The summed E-state index contributed by atoms with van der Waals surface area (Å²) in [5.41, 5.74) is 8.32. The van der Waals surface area contributed by atoms with Crippen molar-refractivity contribution in [2.24, 2.45) is 0 Å². The van der Waals surface area contributed by atoms with Crippen molar-refractivity contribution in [3.8, 4) is 11.5 Å². The number of hydrogen-bond donors (Lipinski definition) is 1. The second-order valence-corrected chi connectivity index (χ2v) is 3.73. The van der Waals surface area contributed by atoms with E-state index in [0.29, 0.717) is 24.9 Å². The van der Waals surface area contributed by atoms with Crippen LogP contribution in [0.5, 0.6) is 0 Å². The molecule has 1 heterocycles. The molecule has 17 heavy (non-hydrogen) atoms. The molecule has 2 aromatic rings. The highest BCUT2D eigenvalue weighted by molar-refractivity contribution is 5.62. The minimum Gasteiger partial charge on any atom is -0.399 e. The second kappa shape index (κ2) is 4.97. The number of aryl methyl sites for hydroxylation is 1. The molecule has 0 bridgehead atoms. The topological polar surface area (TPSA) is 74.2 Å². The smallest absolute Gasteiger partial charge is 0.258 e. The van der Waals surface area contributed by atoms with E-state index < -0.39 is 0 Å². The van der Waals surface area contributed by atoms with E-state index in [4.69, 9.17) is 15.0 Å². The average Bonchev–Trinajstić information content (AvgIpc) is 2.75. The van der Waals surface area contributed by atoms with Crippen LogP contribution in [0.4, 0.5) is 5.69 Å². The molecule has 0 saturated carbocycles. The van der Waals surface area contributed by atoms with Crippen LogP contribution >= 0.6 is 0 Å². The highest BCUT2D eigenvalue weighted by Gasteiger charge is 2.11. The Morgan fingerprint density at radius 2 is 2.24 bits per heavy atom. The van der Waals surface area contributed by atoms with Gasteiger partial charge in [-0.05, 0) is 37.6 Å². The first-order valence-electron chi connectivity index (χ1n) is 5.47. The fourth-order valence-corrected chi connectivity index (χ4v) is 1.54. The molecule has 1 aromatic carbocycles. The van der Waals surface area contributed by atoms with E-state index >= 15 is 0 Å². The van der Waals surface area contributed by atoms with Crippen molar-refractivity contribution in [3.05, 3.63) is 29.6 Å². The van der Waals surface area contributed by atoms with E-state index in [0.717, 1.165) is 16.8 Å². The molecule has 5 nitrogen and oxygen atoms in total. The lowest BCUT2D eigenvalue weighted by Gasteiger charge is -2.01. The molecule has 0 saturated heterocycles. The maximum Gasteiger partial charge on any atom is 0.258 e. The summed E-state index contributed by atoms with van der Waals surface area (Å²) >= 11 is 0. The van der Waals surface area contributed by atoms with Crippen molar-refractivity contribution in [1.82, 2.24) is 10.1 Å². The lowest BCUT2D eigenvalue weighted by atomic mass is 10.1. The minimum atomic E-state index is 0.369. The molecule has 0 fully saturated rings. The summed E-state index contributed by atoms with van der Waals surface area (Å²) in [7, 11) is 0. The number of ether oxygens (including phenoxy) is 1. The third-order valence-corrected chi connectivity index (χ3v) is 2.38. The van der Waals surface area contributed by atoms with E-state index in [1.807, 2.05) is 32.0 Å². The van der Waals surface area contributed by atoms with Crippen LogP contribution in [0.25, 0.3) is 11.5 Å². The van der Waals surface area contributed by atoms with Gasteiger partial charge in [-0.2, -0.15) is 4.98 Å². The van der Waals surface area contributed by atoms with Crippen molar-refractivity contribution >= 4 is 5.69 Å². The van der Waals surface area contributed by atoms with Gasteiger partial charge in [0.1, 0.15) is 6.61 Å². The molecule has 0 aliphatic carbocycles. The first-order chi connectivity index (χ1) is 8.20. The Bertz CT molecular complexity index is 508. The number of aromatic nitrogens is 2. The van der Waals surface area contributed by atoms with Gasteiger partial charge in [-0.1, -0.05) is 5.16 Å². The zero-order valence-corrected chi connectivity index (χ0v) is 9.93. The molecule has 0 spiro atoms. The standard InChI is InChI=1S/C12H15N3O2/c1-3-16-7-11-14-12(17-15-11)10-5-4-9(13)6-8(10)2/h4-6H,3,7,13H2,1-2H3. The van der Waals surface area contributed by atoms with Crippen molar-refractivity contribution < 1.29 is 9.26 Å². The van der Waals surface area contributed by atoms with Gasteiger partial charge in [0.25, 0.3) is 5.89 Å². The Morgan fingerprint density at radius 3 is 2.94 bits per heavy atom. The third-order valence-electron chi connectivity index (χ3n) is 2.38. The summed E-state index contributed by atoms with van der Waals surface area (Å²) in [4.78, 5) is 4.26. The van der Waals surface area contributed by atoms with E-state index in [-0.39, 0.29) is 0 Å². The molecule has 0 amide bonds. The largest absolute Gasteiger partial charge is 0.399 e. The van der Waals surface area contributed by atoms with Crippen LogP contribution in [0.1, 0.15) is 18.3 Å². The maximum atomic E-state index is 5.69. The lowest BCUT2D eigenvalue weighted by molar-refractivity contribution is 0.126. The maximum absolute atomic E-state index is 5.69. The fraction of sp³-hybridized carbons (Fsp3) is 0.333. The molecule has 2 N–H and O–H groups in total. The molecule has 90 valence electrons. The molecule has 0 atom stereocenters. The highest BCUT2D eigenvalue weighted by Crippen LogP contribution is 2.23. The van der Waals surface area contributed by atoms with Crippen molar-refractivity contribution in [3.63, 3.8) is 0 Å². The Hall–Kier alpha value is -1.88. The van der Waals surface area contributed by atoms with E-state index in [1.165, 1.54) is 0 Å². The average molecular weight is 233 g/mol. The van der Waals surface area contributed by atoms with Crippen LogP contribution in [0.15, 0.2) is 22.7 Å². The van der Waals surface area contributed by atoms with Gasteiger partial charge in [-0.15, -0.1) is 0 Å². The van der Waals surface area contributed by atoms with Gasteiger partial charge in [-0.3, -0.25) is 0 Å². The van der Waals surface area contributed by atoms with Crippen molar-refractivity contribution in [2.45, 2.75) is 20.5 Å². The van der Waals surface area contributed by atoms with Crippen LogP contribution < -0.4 is 5.73 Å². The third kappa shape index (κ3) is 2.62. The minimum absolute atomic E-state index is 0.369. The Morgan fingerprint density at radius 1 is 1.41 bits per heavy atom. The summed E-state index contributed by atoms with van der Waals surface area (Å²) in [5, 5.41) is 3.85. The van der Waals surface area contributed by atoms with E-state index in [2.05, 4.69) is 10.1 Å². The molecule has 1 aromatic heterocycles. The van der Waals surface area contributed by atoms with Crippen LogP contribution in [0.2, 0.25) is 0 Å². The number of rotatable bonds is 4. The summed E-state index contributed by atoms with van der Waals surface area (Å²) in [6, 6.07) is 5.57. The normalized spacial score (nSPS) is 10.7. The number of benzene rings is 1. The van der Waals surface area contributed by atoms with Crippen LogP contribution in [-0.2, 0) is 11.3 Å². The van der Waals surface area contributed by atoms with Gasteiger partial charge in [0.2, 0.25) is 0 Å². The summed E-state index contributed by atoms with van der Waals surface area (Å²) in [6.07, 6.45) is 0. The number of nitrogens with two attached hydrogens (primary N) is 1. The molecular formula is C12H15N3O2. The summed E-state index contributed by atoms with van der Waals surface area (Å²) < 4.78 is 10.4. The van der Waals surface area contributed by atoms with Gasteiger partial charge in [0.15, 0.2) is 5.82 Å².